The molecule has 3 N–H and O–H groups in total. The molecule has 1 saturated carbocycles. The predicted molar refractivity (Wildman–Crippen MR) is 154 cm³/mol. The first kappa shape index (κ1) is 27.8. The van der Waals surface area contributed by atoms with Crippen molar-refractivity contribution in [3.8, 4) is 5.88 Å². The van der Waals surface area contributed by atoms with Crippen LogP contribution in [0.3, 0.4) is 0 Å². The number of anilines is 2. The Labute approximate surface area is 235 Å². The Bertz CT molecular complexity index is 1220. The first-order valence-corrected chi connectivity index (χ1v) is 14.4. The number of carboxylic acids is 1. The van der Waals surface area contributed by atoms with Gasteiger partial charge >= 0.3 is 5.97 Å². The largest absolute Gasteiger partial charge is 0.480 e. The van der Waals surface area contributed by atoms with Crippen LogP contribution in [0.15, 0.2) is 48.9 Å². The van der Waals surface area contributed by atoms with E-state index in [9.17, 15) is 9.90 Å². The number of nitrogens with one attached hydrogen (secondary N) is 2. The van der Waals surface area contributed by atoms with Crippen LogP contribution in [0, 0.1) is 0 Å². The number of unbranched alkanes of at least 4 members (excludes halogenated alkanes) is 1. The number of hydrogen-bond donors (Lipinski definition) is 3. The van der Waals surface area contributed by atoms with Crippen LogP contribution in [0.2, 0.25) is 0 Å². The first-order chi connectivity index (χ1) is 19.6. The van der Waals surface area contributed by atoms with Gasteiger partial charge in [0.05, 0.1) is 0 Å². The number of ether oxygens (including phenoxy) is 1. The standard InChI is InChI=1S/C30H39N7O3/c38-29(39)26(36-30-33-20-24(21-34-30)22-9-10-22)13-17-37(18-19-40-27-8-1-3-14-31-27)16-4-2-7-25-12-11-23-6-5-15-32-28(23)35-25/h1,3,8,11-12,14,20-22,26H,2,4-7,9-10,13,15-19H2,(H,32,35)(H,38,39)(H,33,34,36). The number of aryl methyl sites for hydroxylation is 2. The molecule has 2 aliphatic rings. The zero-order valence-corrected chi connectivity index (χ0v) is 23.0. The number of rotatable bonds is 16. The van der Waals surface area contributed by atoms with E-state index in [0.717, 1.165) is 62.3 Å². The van der Waals surface area contributed by atoms with E-state index >= 15 is 0 Å². The third-order valence-corrected chi connectivity index (χ3v) is 7.46. The summed E-state index contributed by atoms with van der Waals surface area (Å²) in [7, 11) is 0. The van der Waals surface area contributed by atoms with Gasteiger partial charge in [-0.15, -0.1) is 0 Å². The van der Waals surface area contributed by atoms with Gasteiger partial charge in [0.15, 0.2) is 0 Å². The number of nitrogens with zero attached hydrogens (tertiary/aromatic N) is 5. The van der Waals surface area contributed by atoms with Gasteiger partial charge in [-0.3, -0.25) is 4.90 Å². The Kier molecular flexibility index (Phi) is 9.73. The minimum absolute atomic E-state index is 0.355. The number of pyridine rings is 2. The summed E-state index contributed by atoms with van der Waals surface area (Å²) in [4.78, 5) is 32.0. The topological polar surface area (TPSA) is 125 Å². The second kappa shape index (κ2) is 14.0. The molecule has 4 heterocycles. The molecule has 5 rings (SSSR count). The molecule has 1 atom stereocenters. The number of hydrogen-bond acceptors (Lipinski definition) is 9. The first-order valence-electron chi connectivity index (χ1n) is 14.4. The van der Waals surface area contributed by atoms with Crippen molar-refractivity contribution < 1.29 is 14.6 Å². The third-order valence-electron chi connectivity index (χ3n) is 7.46. The van der Waals surface area contributed by atoms with Crippen LogP contribution in [0.25, 0.3) is 0 Å². The summed E-state index contributed by atoms with van der Waals surface area (Å²) < 4.78 is 5.83. The van der Waals surface area contributed by atoms with Gasteiger partial charge in [-0.2, -0.15) is 0 Å². The lowest BCUT2D eigenvalue weighted by molar-refractivity contribution is -0.138. The fourth-order valence-corrected chi connectivity index (χ4v) is 4.96. The van der Waals surface area contributed by atoms with Crippen molar-refractivity contribution >= 4 is 17.7 Å². The van der Waals surface area contributed by atoms with Crippen LogP contribution in [0.5, 0.6) is 5.88 Å². The van der Waals surface area contributed by atoms with Crippen molar-refractivity contribution in [1.82, 2.24) is 24.8 Å². The monoisotopic (exact) mass is 545 g/mol. The average Bonchev–Trinajstić information content (AvgIpc) is 3.83. The molecule has 1 unspecified atom stereocenters. The molecule has 0 bridgehead atoms. The molecule has 0 radical (unpaired) electrons. The molecular weight excluding hydrogens is 506 g/mol. The lowest BCUT2D eigenvalue weighted by Crippen LogP contribution is -2.37. The zero-order valence-electron chi connectivity index (χ0n) is 23.0. The van der Waals surface area contributed by atoms with Gasteiger partial charge in [-0.05, 0) is 87.1 Å². The highest BCUT2D eigenvalue weighted by Crippen LogP contribution is 2.39. The Morgan fingerprint density at radius 1 is 1.10 bits per heavy atom. The highest BCUT2D eigenvalue weighted by atomic mass is 16.5. The van der Waals surface area contributed by atoms with E-state index in [1.165, 1.54) is 18.4 Å². The normalized spacial score (nSPS) is 15.2. The molecule has 1 aliphatic heterocycles. The predicted octanol–water partition coefficient (Wildman–Crippen LogP) is 4.16. The maximum atomic E-state index is 12.0. The Hall–Kier alpha value is -3.79. The lowest BCUT2D eigenvalue weighted by Gasteiger charge is -2.24. The minimum Gasteiger partial charge on any atom is -0.480 e. The summed E-state index contributed by atoms with van der Waals surface area (Å²) in [6.07, 6.45) is 13.2. The lowest BCUT2D eigenvalue weighted by atomic mass is 10.1. The van der Waals surface area contributed by atoms with Crippen molar-refractivity contribution in [2.24, 2.45) is 0 Å². The van der Waals surface area contributed by atoms with E-state index in [-0.39, 0.29) is 0 Å². The van der Waals surface area contributed by atoms with Gasteiger partial charge in [0.2, 0.25) is 11.8 Å². The number of aliphatic carboxylic acids is 1. The molecule has 40 heavy (non-hydrogen) atoms. The molecule has 10 nitrogen and oxygen atoms in total. The van der Waals surface area contributed by atoms with Gasteiger partial charge in [0, 0.05) is 50.0 Å². The van der Waals surface area contributed by atoms with Crippen molar-refractivity contribution in [2.45, 2.75) is 63.3 Å². The van der Waals surface area contributed by atoms with E-state index in [0.29, 0.717) is 43.9 Å². The summed E-state index contributed by atoms with van der Waals surface area (Å²) in [5, 5.41) is 16.3. The van der Waals surface area contributed by atoms with E-state index < -0.39 is 12.0 Å². The molecular formula is C30H39N7O3. The van der Waals surface area contributed by atoms with Crippen LogP contribution in [-0.4, -0.2) is 74.7 Å². The molecule has 0 aromatic carbocycles. The summed E-state index contributed by atoms with van der Waals surface area (Å²) in [5.74, 6) is 1.63. The van der Waals surface area contributed by atoms with Gasteiger partial charge in [0.1, 0.15) is 18.5 Å². The van der Waals surface area contributed by atoms with Crippen LogP contribution in [0.4, 0.5) is 11.8 Å². The van der Waals surface area contributed by atoms with Gasteiger partial charge in [-0.1, -0.05) is 12.1 Å². The quantitative estimate of drug-likeness (QED) is 0.226. The molecule has 212 valence electrons. The second-order valence-electron chi connectivity index (χ2n) is 10.6. The van der Waals surface area contributed by atoms with Gasteiger partial charge < -0.3 is 20.5 Å². The zero-order chi connectivity index (χ0) is 27.6. The van der Waals surface area contributed by atoms with Crippen molar-refractivity contribution in [3.63, 3.8) is 0 Å². The molecule has 0 saturated heterocycles. The van der Waals surface area contributed by atoms with Gasteiger partial charge in [0.25, 0.3) is 0 Å². The number of aromatic nitrogens is 4. The molecule has 3 aromatic heterocycles. The molecule has 3 aromatic rings. The summed E-state index contributed by atoms with van der Waals surface area (Å²) in [6.45, 7) is 3.59. The highest BCUT2D eigenvalue weighted by molar-refractivity contribution is 5.76. The molecule has 0 spiro atoms. The second-order valence-corrected chi connectivity index (χ2v) is 10.6. The van der Waals surface area contributed by atoms with E-state index in [1.54, 1.807) is 18.6 Å². The van der Waals surface area contributed by atoms with Crippen molar-refractivity contribution in [3.05, 3.63) is 65.7 Å². The Balaban J connectivity index is 1.12. The van der Waals surface area contributed by atoms with Crippen LogP contribution in [-0.2, 0) is 17.6 Å². The molecule has 1 fully saturated rings. The molecule has 1 aliphatic carbocycles. The van der Waals surface area contributed by atoms with Crippen molar-refractivity contribution in [1.29, 1.82) is 0 Å². The molecule has 10 heteroatoms. The maximum Gasteiger partial charge on any atom is 0.326 e. The van der Waals surface area contributed by atoms with E-state index in [4.69, 9.17) is 9.72 Å². The fourth-order valence-electron chi connectivity index (χ4n) is 4.96. The summed E-state index contributed by atoms with van der Waals surface area (Å²) in [5.41, 5.74) is 3.54. The Morgan fingerprint density at radius 3 is 2.75 bits per heavy atom. The van der Waals surface area contributed by atoms with Crippen LogP contribution < -0.4 is 15.4 Å². The maximum absolute atomic E-state index is 12.0. The van der Waals surface area contributed by atoms with Crippen LogP contribution >= 0.6 is 0 Å². The Morgan fingerprint density at radius 2 is 1.98 bits per heavy atom. The van der Waals surface area contributed by atoms with Crippen LogP contribution in [0.1, 0.15) is 61.3 Å². The van der Waals surface area contributed by atoms with E-state index in [1.807, 2.05) is 18.2 Å². The number of carbonyl (C=O) groups is 1. The smallest absolute Gasteiger partial charge is 0.326 e. The minimum atomic E-state index is -0.911. The van der Waals surface area contributed by atoms with E-state index in [2.05, 4.69) is 42.6 Å². The SMILES string of the molecule is O=C(O)C(CCN(CCCCc1ccc2c(n1)NCCC2)CCOc1ccccn1)Nc1ncc(C2CC2)cn1. The summed E-state index contributed by atoms with van der Waals surface area (Å²) >= 11 is 0. The number of fused-ring (bicyclic) bond motifs is 1. The third kappa shape index (κ3) is 8.35. The summed E-state index contributed by atoms with van der Waals surface area (Å²) in [6, 6.07) is 9.16. The fraction of sp³-hybridized carbons (Fsp3) is 0.500. The van der Waals surface area contributed by atoms with Crippen molar-refractivity contribution in [2.75, 3.05) is 43.4 Å². The highest BCUT2D eigenvalue weighted by Gasteiger charge is 2.25. The number of carboxylic acid groups (broad SMARTS) is 1. The molecule has 0 amide bonds. The average molecular weight is 546 g/mol. The van der Waals surface area contributed by atoms with Gasteiger partial charge in [-0.25, -0.2) is 24.7 Å².